The van der Waals surface area contributed by atoms with Gasteiger partial charge in [-0.25, -0.2) is 9.37 Å². The Morgan fingerprint density at radius 1 is 1.27 bits per heavy atom. The molecule has 0 bridgehead atoms. The second-order valence-corrected chi connectivity index (χ2v) is 6.56. The van der Waals surface area contributed by atoms with Gasteiger partial charge < -0.3 is 15.2 Å². The fraction of sp³-hybridized carbons (Fsp3) is 0.222. The summed E-state index contributed by atoms with van der Waals surface area (Å²) in [4.78, 5) is 9.42. The summed E-state index contributed by atoms with van der Waals surface area (Å²) in [6, 6.07) is 7.27. The molecule has 8 heteroatoms. The third kappa shape index (κ3) is 5.04. The Kier molecular flexibility index (Phi) is 7.58. The number of nitrogens with one attached hydrogen (secondary N) is 2. The zero-order valence-corrected chi connectivity index (χ0v) is 17.7. The lowest BCUT2D eigenvalue weighted by molar-refractivity contribution is 0.615. The highest BCUT2D eigenvalue weighted by Crippen LogP contribution is 2.16. The van der Waals surface area contributed by atoms with Crippen LogP contribution < -0.4 is 10.6 Å². The van der Waals surface area contributed by atoms with E-state index in [1.165, 1.54) is 16.5 Å². The fourth-order valence-corrected chi connectivity index (χ4v) is 3.27. The molecule has 2 N–H and O–H groups in total. The molecule has 0 fully saturated rings. The second-order valence-electron chi connectivity index (χ2n) is 5.56. The van der Waals surface area contributed by atoms with Gasteiger partial charge in [-0.05, 0) is 41.6 Å². The summed E-state index contributed by atoms with van der Waals surface area (Å²) in [5.41, 5.74) is 2.60. The van der Waals surface area contributed by atoms with Gasteiger partial charge >= 0.3 is 0 Å². The summed E-state index contributed by atoms with van der Waals surface area (Å²) in [6.07, 6.45) is 4.92. The molecular formula is C18H21FIN5S. The first kappa shape index (κ1) is 20.4. The van der Waals surface area contributed by atoms with Crippen molar-refractivity contribution in [3.05, 3.63) is 70.2 Å². The van der Waals surface area contributed by atoms with Crippen LogP contribution >= 0.6 is 35.3 Å². The van der Waals surface area contributed by atoms with E-state index in [2.05, 4.69) is 39.0 Å². The highest BCUT2D eigenvalue weighted by atomic mass is 127. The Balaban J connectivity index is 0.00000243. The number of aliphatic imine (C=N–C) groups is 1. The van der Waals surface area contributed by atoms with Crippen molar-refractivity contribution in [2.75, 3.05) is 7.05 Å². The van der Waals surface area contributed by atoms with Crippen molar-refractivity contribution in [1.29, 1.82) is 0 Å². The highest BCUT2D eigenvalue weighted by Gasteiger charge is 2.07. The number of rotatable bonds is 5. The largest absolute Gasteiger partial charge is 0.352 e. The number of aromatic nitrogens is 2. The quantitative estimate of drug-likeness (QED) is 0.328. The molecule has 3 aromatic rings. The molecule has 0 spiro atoms. The molecule has 0 aliphatic carbocycles. The maximum absolute atomic E-state index is 14.3. The van der Waals surface area contributed by atoms with E-state index in [1.807, 2.05) is 6.07 Å². The Morgan fingerprint density at radius 3 is 2.69 bits per heavy atom. The van der Waals surface area contributed by atoms with E-state index < -0.39 is 0 Å². The van der Waals surface area contributed by atoms with Crippen LogP contribution in [0.25, 0.3) is 5.69 Å². The number of benzene rings is 1. The third-order valence-corrected chi connectivity index (χ3v) is 4.89. The molecule has 0 atom stereocenters. The van der Waals surface area contributed by atoms with Gasteiger partial charge in [0.2, 0.25) is 0 Å². The molecule has 0 radical (unpaired) electrons. The van der Waals surface area contributed by atoms with E-state index in [0.29, 0.717) is 18.2 Å². The molecule has 26 heavy (non-hydrogen) atoms. The maximum Gasteiger partial charge on any atom is 0.191 e. The van der Waals surface area contributed by atoms with Gasteiger partial charge in [0.15, 0.2) is 5.96 Å². The van der Waals surface area contributed by atoms with Crippen molar-refractivity contribution in [2.24, 2.45) is 4.99 Å². The number of hydrogen-bond acceptors (Lipinski definition) is 3. The van der Waals surface area contributed by atoms with Crippen LogP contribution in [0.2, 0.25) is 0 Å². The first-order chi connectivity index (χ1) is 12.2. The van der Waals surface area contributed by atoms with Crippen LogP contribution in [-0.4, -0.2) is 22.6 Å². The second kappa shape index (κ2) is 9.67. The summed E-state index contributed by atoms with van der Waals surface area (Å²) in [6.45, 7) is 3.30. The Hall–Kier alpha value is -1.94. The number of guanidine groups is 1. The van der Waals surface area contributed by atoms with E-state index >= 15 is 0 Å². The molecule has 0 aliphatic rings. The van der Waals surface area contributed by atoms with Crippen LogP contribution in [0.15, 0.2) is 53.4 Å². The van der Waals surface area contributed by atoms with Crippen LogP contribution in [0.1, 0.15) is 16.0 Å². The molecule has 2 aromatic heterocycles. The smallest absolute Gasteiger partial charge is 0.191 e. The summed E-state index contributed by atoms with van der Waals surface area (Å²) in [5.74, 6) is 0.404. The molecule has 0 saturated heterocycles. The van der Waals surface area contributed by atoms with Crippen molar-refractivity contribution < 1.29 is 4.39 Å². The zero-order chi connectivity index (χ0) is 17.6. The Morgan fingerprint density at radius 2 is 2.08 bits per heavy atom. The predicted molar refractivity (Wildman–Crippen MR) is 115 cm³/mol. The van der Waals surface area contributed by atoms with Gasteiger partial charge in [-0.15, -0.1) is 35.3 Å². The lowest BCUT2D eigenvalue weighted by atomic mass is 10.2. The van der Waals surface area contributed by atoms with E-state index in [1.54, 1.807) is 47.7 Å². The van der Waals surface area contributed by atoms with Gasteiger partial charge in [-0.3, -0.25) is 4.99 Å². The van der Waals surface area contributed by atoms with Gasteiger partial charge in [0.25, 0.3) is 0 Å². The van der Waals surface area contributed by atoms with E-state index in [-0.39, 0.29) is 29.8 Å². The normalized spacial score (nSPS) is 11.1. The van der Waals surface area contributed by atoms with Gasteiger partial charge in [0.1, 0.15) is 5.82 Å². The molecule has 0 aliphatic heterocycles. The van der Waals surface area contributed by atoms with Crippen molar-refractivity contribution in [3.8, 4) is 5.69 Å². The van der Waals surface area contributed by atoms with Crippen LogP contribution in [0.5, 0.6) is 0 Å². The van der Waals surface area contributed by atoms with E-state index in [4.69, 9.17) is 0 Å². The molecular weight excluding hydrogens is 464 g/mol. The van der Waals surface area contributed by atoms with Crippen molar-refractivity contribution in [2.45, 2.75) is 20.0 Å². The SMILES string of the molecule is CN=C(NCc1ccc(-n2ccnc2)c(F)c1)NCc1sccc1C.I. The standard InChI is InChI=1S/C18H20FN5S.HI/c1-13-5-8-25-17(13)11-23-18(20-2)22-10-14-3-4-16(15(19)9-14)24-7-6-21-12-24;/h3-9,12H,10-11H2,1-2H3,(H2,20,22,23);1H. The summed E-state index contributed by atoms with van der Waals surface area (Å²) in [5, 5.41) is 8.56. The van der Waals surface area contributed by atoms with Crippen LogP contribution in [-0.2, 0) is 13.1 Å². The minimum absolute atomic E-state index is 0. The van der Waals surface area contributed by atoms with Gasteiger partial charge in [0, 0.05) is 30.9 Å². The molecule has 1 aromatic carbocycles. The van der Waals surface area contributed by atoms with Gasteiger partial charge in [-0.1, -0.05) is 6.07 Å². The minimum atomic E-state index is -0.283. The summed E-state index contributed by atoms with van der Waals surface area (Å²) >= 11 is 1.72. The lowest BCUT2D eigenvalue weighted by Crippen LogP contribution is -2.36. The molecule has 3 rings (SSSR count). The fourth-order valence-electron chi connectivity index (χ4n) is 2.43. The van der Waals surface area contributed by atoms with Crippen molar-refractivity contribution in [1.82, 2.24) is 20.2 Å². The van der Waals surface area contributed by atoms with E-state index in [9.17, 15) is 4.39 Å². The van der Waals surface area contributed by atoms with Crippen molar-refractivity contribution in [3.63, 3.8) is 0 Å². The molecule has 0 amide bonds. The average Bonchev–Trinajstić information content (AvgIpc) is 3.27. The number of thiophene rings is 1. The van der Waals surface area contributed by atoms with Gasteiger partial charge in [-0.2, -0.15) is 0 Å². The van der Waals surface area contributed by atoms with Crippen LogP contribution in [0.3, 0.4) is 0 Å². The van der Waals surface area contributed by atoms with E-state index in [0.717, 1.165) is 12.1 Å². The predicted octanol–water partition coefficient (Wildman–Crippen LogP) is 3.86. The zero-order valence-electron chi connectivity index (χ0n) is 14.6. The lowest BCUT2D eigenvalue weighted by Gasteiger charge is -2.12. The molecule has 0 saturated carbocycles. The van der Waals surface area contributed by atoms with Crippen LogP contribution in [0, 0.1) is 12.7 Å². The Labute approximate surface area is 173 Å². The molecule has 2 heterocycles. The van der Waals surface area contributed by atoms with Crippen molar-refractivity contribution >= 4 is 41.3 Å². The number of imidazole rings is 1. The third-order valence-electron chi connectivity index (χ3n) is 3.86. The monoisotopic (exact) mass is 485 g/mol. The molecule has 138 valence electrons. The molecule has 5 nitrogen and oxygen atoms in total. The molecule has 0 unspecified atom stereocenters. The highest BCUT2D eigenvalue weighted by molar-refractivity contribution is 14.0. The average molecular weight is 485 g/mol. The first-order valence-electron chi connectivity index (χ1n) is 7.91. The number of hydrogen-bond donors (Lipinski definition) is 2. The summed E-state index contributed by atoms with van der Waals surface area (Å²) in [7, 11) is 1.72. The maximum atomic E-state index is 14.3. The summed E-state index contributed by atoms with van der Waals surface area (Å²) < 4.78 is 15.9. The number of aryl methyl sites for hydroxylation is 1. The van der Waals surface area contributed by atoms with Crippen LogP contribution in [0.4, 0.5) is 4.39 Å². The topological polar surface area (TPSA) is 54.2 Å². The van der Waals surface area contributed by atoms with Gasteiger partial charge in [0.05, 0.1) is 18.6 Å². The number of nitrogens with zero attached hydrogens (tertiary/aromatic N) is 3. The Bertz CT molecular complexity index is 860. The first-order valence-corrected chi connectivity index (χ1v) is 8.79. The minimum Gasteiger partial charge on any atom is -0.352 e. The number of halogens is 2.